The summed E-state index contributed by atoms with van der Waals surface area (Å²) in [6.07, 6.45) is -0.500. The van der Waals surface area contributed by atoms with Crippen LogP contribution >= 0.6 is 0 Å². The molecule has 17 heavy (non-hydrogen) atoms. The van der Waals surface area contributed by atoms with Crippen LogP contribution in [-0.2, 0) is 4.74 Å². The molecule has 0 heterocycles. The number of hydrogen-bond donors (Lipinski definition) is 2. The molecule has 2 N–H and O–H groups in total. The molecule has 0 spiro atoms. The fraction of sp³-hybridized carbons (Fsp3) is 0.417. The van der Waals surface area contributed by atoms with E-state index in [1.807, 2.05) is 0 Å². The van der Waals surface area contributed by atoms with E-state index >= 15 is 0 Å². The molecule has 92 valence electrons. The Morgan fingerprint density at radius 3 is 2.59 bits per heavy atom. The molecule has 0 atom stereocenters. The minimum absolute atomic E-state index is 0.500. The molecule has 0 saturated heterocycles. The lowest BCUT2D eigenvalue weighted by molar-refractivity contribution is 0.0636. The third kappa shape index (κ3) is 4.91. The lowest BCUT2D eigenvalue weighted by atomic mass is 9.64. The zero-order chi connectivity index (χ0) is 13.1. The van der Waals surface area contributed by atoms with E-state index in [0.717, 1.165) is 5.46 Å². The predicted octanol–water partition coefficient (Wildman–Crippen LogP) is 1.85. The molecule has 1 amide bonds. The fourth-order valence-corrected chi connectivity index (χ4v) is 1.30. The highest BCUT2D eigenvalue weighted by molar-refractivity contribution is 6.64. The number of hydrogen-bond acceptors (Lipinski definition) is 3. The number of amides is 1. The number of ether oxygens (including phenoxy) is 1. The summed E-state index contributed by atoms with van der Waals surface area (Å²) in [6, 6.07) is 7.03. The van der Waals surface area contributed by atoms with Gasteiger partial charge in [0.05, 0.1) is 0 Å². The third-order valence-electron chi connectivity index (χ3n) is 2.01. The molecule has 5 heteroatoms. The smallest absolute Gasteiger partial charge is 0.412 e. The highest BCUT2D eigenvalue weighted by atomic mass is 16.6. The third-order valence-corrected chi connectivity index (χ3v) is 2.01. The van der Waals surface area contributed by atoms with Crippen molar-refractivity contribution in [2.45, 2.75) is 33.2 Å². The van der Waals surface area contributed by atoms with Gasteiger partial charge in [0, 0.05) is 5.69 Å². The number of nitrogens with one attached hydrogen (secondary N) is 1. The van der Waals surface area contributed by atoms with Gasteiger partial charge < -0.3 is 9.76 Å². The van der Waals surface area contributed by atoms with Crippen molar-refractivity contribution in [2.24, 2.45) is 0 Å². The number of carbonyl (C=O) groups excluding carboxylic acids is 1. The molecule has 0 bridgehead atoms. The van der Waals surface area contributed by atoms with Crippen molar-refractivity contribution in [1.82, 2.24) is 0 Å². The standard InChI is InChI=1S/C12H18BNO3/c1-12(2,3)17-11(15)14-10-7-5-6-9(8-10)13(4)16/h5-8,16H,1-4H3,(H,14,15). The zero-order valence-electron chi connectivity index (χ0n) is 10.7. The average molecular weight is 235 g/mol. The van der Waals surface area contributed by atoms with Gasteiger partial charge in [-0.05, 0) is 38.4 Å². The summed E-state index contributed by atoms with van der Waals surface area (Å²) in [5, 5.41) is 12.0. The van der Waals surface area contributed by atoms with Gasteiger partial charge in [-0.3, -0.25) is 5.32 Å². The highest BCUT2D eigenvalue weighted by Crippen LogP contribution is 2.10. The van der Waals surface area contributed by atoms with Gasteiger partial charge in [-0.15, -0.1) is 0 Å². The second kappa shape index (κ2) is 5.23. The molecule has 0 aliphatic heterocycles. The van der Waals surface area contributed by atoms with Gasteiger partial charge in [0.15, 0.2) is 0 Å². The van der Waals surface area contributed by atoms with E-state index in [9.17, 15) is 9.82 Å². The Bertz CT molecular complexity index is 399. The van der Waals surface area contributed by atoms with Crippen LogP contribution in [0, 0.1) is 0 Å². The predicted molar refractivity (Wildman–Crippen MR) is 69.8 cm³/mol. The minimum atomic E-state index is -0.560. The van der Waals surface area contributed by atoms with Gasteiger partial charge in [0.2, 0.25) is 0 Å². The zero-order valence-corrected chi connectivity index (χ0v) is 10.7. The van der Waals surface area contributed by atoms with Crippen molar-refractivity contribution >= 4 is 24.2 Å². The number of carbonyl (C=O) groups is 1. The van der Waals surface area contributed by atoms with Crippen LogP contribution in [0.25, 0.3) is 0 Å². The fourth-order valence-electron chi connectivity index (χ4n) is 1.30. The molecule has 0 radical (unpaired) electrons. The lowest BCUT2D eigenvalue weighted by Gasteiger charge is -2.19. The van der Waals surface area contributed by atoms with Crippen LogP contribution in [0.15, 0.2) is 24.3 Å². The first-order chi connectivity index (χ1) is 7.78. The molecule has 0 fully saturated rings. The summed E-state index contributed by atoms with van der Waals surface area (Å²) in [6.45, 7) is 6.53. The highest BCUT2D eigenvalue weighted by Gasteiger charge is 2.16. The molecule has 0 aliphatic rings. The molecule has 1 aromatic carbocycles. The Kier molecular flexibility index (Phi) is 4.18. The number of rotatable bonds is 2. The maximum atomic E-state index is 11.5. The van der Waals surface area contributed by atoms with Crippen LogP contribution in [-0.4, -0.2) is 23.6 Å². The average Bonchev–Trinajstić information content (AvgIpc) is 2.14. The Morgan fingerprint density at radius 2 is 2.06 bits per heavy atom. The molecule has 0 aromatic heterocycles. The Balaban J connectivity index is 2.69. The Labute approximate surface area is 102 Å². The summed E-state index contributed by atoms with van der Waals surface area (Å²) in [5.41, 5.74) is 0.836. The van der Waals surface area contributed by atoms with E-state index in [2.05, 4.69) is 5.32 Å². The van der Waals surface area contributed by atoms with E-state index in [-0.39, 0.29) is 0 Å². The summed E-state index contributed by atoms with van der Waals surface area (Å²) < 4.78 is 5.13. The lowest BCUT2D eigenvalue weighted by Crippen LogP contribution is -2.29. The van der Waals surface area contributed by atoms with E-state index in [1.54, 1.807) is 51.9 Å². The van der Waals surface area contributed by atoms with Crippen molar-refractivity contribution in [2.75, 3.05) is 5.32 Å². The van der Waals surface area contributed by atoms with E-state index in [4.69, 9.17) is 4.74 Å². The van der Waals surface area contributed by atoms with Crippen LogP contribution in [0.1, 0.15) is 20.8 Å². The molecular weight excluding hydrogens is 217 g/mol. The van der Waals surface area contributed by atoms with Gasteiger partial charge in [0.1, 0.15) is 5.60 Å². The summed E-state index contributed by atoms with van der Waals surface area (Å²) >= 11 is 0. The van der Waals surface area contributed by atoms with Crippen LogP contribution < -0.4 is 10.8 Å². The molecule has 4 nitrogen and oxygen atoms in total. The largest absolute Gasteiger partial charge is 0.446 e. The van der Waals surface area contributed by atoms with E-state index in [1.165, 1.54) is 0 Å². The van der Waals surface area contributed by atoms with Crippen LogP contribution in [0.5, 0.6) is 0 Å². The van der Waals surface area contributed by atoms with Gasteiger partial charge >= 0.3 is 13.0 Å². The molecule has 0 saturated carbocycles. The van der Waals surface area contributed by atoms with Crippen LogP contribution in [0.4, 0.5) is 10.5 Å². The SMILES string of the molecule is CB(O)c1cccc(NC(=O)OC(C)(C)C)c1. The quantitative estimate of drug-likeness (QED) is 0.769. The van der Waals surface area contributed by atoms with Crippen molar-refractivity contribution in [3.63, 3.8) is 0 Å². The molecule has 0 aliphatic carbocycles. The number of anilines is 1. The van der Waals surface area contributed by atoms with Crippen molar-refractivity contribution in [1.29, 1.82) is 0 Å². The van der Waals surface area contributed by atoms with Gasteiger partial charge in [-0.25, -0.2) is 4.79 Å². The molecular formula is C12H18BNO3. The van der Waals surface area contributed by atoms with Gasteiger partial charge in [-0.2, -0.15) is 0 Å². The van der Waals surface area contributed by atoms with Crippen molar-refractivity contribution in [3.8, 4) is 0 Å². The summed E-state index contributed by atoms with van der Waals surface area (Å²) in [5.74, 6) is 0. The maximum Gasteiger partial charge on any atom is 0.412 e. The second-order valence-corrected chi connectivity index (χ2v) is 4.93. The monoisotopic (exact) mass is 235 g/mol. The van der Waals surface area contributed by atoms with E-state index < -0.39 is 18.6 Å². The van der Waals surface area contributed by atoms with Crippen LogP contribution in [0.3, 0.4) is 0 Å². The maximum absolute atomic E-state index is 11.5. The Hall–Kier alpha value is -1.49. The number of benzene rings is 1. The first-order valence-electron chi connectivity index (χ1n) is 5.56. The second-order valence-electron chi connectivity index (χ2n) is 4.93. The first-order valence-corrected chi connectivity index (χ1v) is 5.56. The molecule has 1 aromatic rings. The van der Waals surface area contributed by atoms with Crippen LogP contribution in [0.2, 0.25) is 6.82 Å². The summed E-state index contributed by atoms with van der Waals surface area (Å²) in [4.78, 5) is 11.5. The minimum Gasteiger partial charge on any atom is -0.446 e. The first kappa shape index (κ1) is 13.6. The van der Waals surface area contributed by atoms with Crippen molar-refractivity contribution < 1.29 is 14.6 Å². The topological polar surface area (TPSA) is 58.6 Å². The Morgan fingerprint density at radius 1 is 1.41 bits per heavy atom. The van der Waals surface area contributed by atoms with Gasteiger partial charge in [0.25, 0.3) is 0 Å². The van der Waals surface area contributed by atoms with Gasteiger partial charge in [-0.1, -0.05) is 19.0 Å². The molecule has 0 unspecified atom stereocenters. The van der Waals surface area contributed by atoms with E-state index in [0.29, 0.717) is 5.69 Å². The molecule has 1 rings (SSSR count). The van der Waals surface area contributed by atoms with Crippen molar-refractivity contribution in [3.05, 3.63) is 24.3 Å². The normalized spacial score (nSPS) is 10.9. The summed E-state index contributed by atoms with van der Waals surface area (Å²) in [7, 11) is 0.